The van der Waals surface area contributed by atoms with Gasteiger partial charge in [-0.2, -0.15) is 0 Å². The number of rotatable bonds is 4. The molecule has 8 nitrogen and oxygen atoms in total. The molecule has 2 atom stereocenters. The molecule has 3 aliphatic rings. The Bertz CT molecular complexity index is 1370. The number of hydrogen-bond donors (Lipinski definition) is 0. The molecule has 0 unspecified atom stereocenters. The average molecular weight is 497 g/mol. The van der Waals surface area contributed by atoms with E-state index >= 15 is 0 Å². The van der Waals surface area contributed by atoms with E-state index in [0.717, 1.165) is 22.3 Å². The Morgan fingerprint density at radius 3 is 1.86 bits per heavy atom. The van der Waals surface area contributed by atoms with Gasteiger partial charge in [0.2, 0.25) is 0 Å². The van der Waals surface area contributed by atoms with Gasteiger partial charge in [-0.3, -0.25) is 9.59 Å². The van der Waals surface area contributed by atoms with Crippen molar-refractivity contribution in [2.24, 2.45) is 11.8 Å². The summed E-state index contributed by atoms with van der Waals surface area (Å²) in [5.41, 5.74) is 4.91. The summed E-state index contributed by atoms with van der Waals surface area (Å²) in [6.45, 7) is 2.39. The number of hydrogen-bond acceptors (Lipinski definition) is 6. The van der Waals surface area contributed by atoms with Crippen LogP contribution in [-0.2, 0) is 14.4 Å². The molecule has 3 aromatic carbocycles. The maximum atomic E-state index is 13.0. The van der Waals surface area contributed by atoms with E-state index in [-0.39, 0.29) is 36.1 Å². The SMILES string of the molecule is C[C@@H]1CN(C(=O)OCC2c3ccccc3-c3ccccc32)C[C@H]1C(=O)ON1C(=O)c2ccccc2C1=O. The maximum absolute atomic E-state index is 13.0. The Morgan fingerprint density at radius 1 is 0.784 bits per heavy atom. The van der Waals surface area contributed by atoms with Crippen molar-refractivity contribution in [1.82, 2.24) is 9.96 Å². The fourth-order valence-corrected chi connectivity index (χ4v) is 5.52. The smallest absolute Gasteiger partial charge is 0.409 e. The van der Waals surface area contributed by atoms with E-state index in [4.69, 9.17) is 9.57 Å². The lowest BCUT2D eigenvalue weighted by molar-refractivity contribution is -0.174. The van der Waals surface area contributed by atoms with Crippen LogP contribution in [0.2, 0.25) is 0 Å². The summed E-state index contributed by atoms with van der Waals surface area (Å²) < 4.78 is 5.73. The molecule has 0 N–H and O–H groups in total. The van der Waals surface area contributed by atoms with Crippen LogP contribution in [0.1, 0.15) is 44.7 Å². The van der Waals surface area contributed by atoms with Crippen molar-refractivity contribution in [3.05, 3.63) is 95.1 Å². The molecule has 2 heterocycles. The molecule has 0 spiro atoms. The second kappa shape index (κ2) is 8.89. The minimum Gasteiger partial charge on any atom is -0.448 e. The molecule has 3 aromatic rings. The van der Waals surface area contributed by atoms with Gasteiger partial charge in [-0.15, -0.1) is 0 Å². The molecular weight excluding hydrogens is 472 g/mol. The van der Waals surface area contributed by atoms with Crippen LogP contribution in [0.5, 0.6) is 0 Å². The third kappa shape index (κ3) is 3.76. The highest BCUT2D eigenvalue weighted by Gasteiger charge is 2.44. The van der Waals surface area contributed by atoms with Crippen molar-refractivity contribution in [1.29, 1.82) is 0 Å². The molecule has 1 aliphatic carbocycles. The van der Waals surface area contributed by atoms with E-state index in [1.165, 1.54) is 17.0 Å². The van der Waals surface area contributed by atoms with Crippen LogP contribution < -0.4 is 0 Å². The van der Waals surface area contributed by atoms with Crippen molar-refractivity contribution < 1.29 is 28.8 Å². The van der Waals surface area contributed by atoms with Gasteiger partial charge in [-0.25, -0.2) is 9.59 Å². The molecule has 0 bridgehead atoms. The zero-order chi connectivity index (χ0) is 25.7. The van der Waals surface area contributed by atoms with Gasteiger partial charge in [0.05, 0.1) is 17.0 Å². The first-order valence-corrected chi connectivity index (χ1v) is 12.2. The zero-order valence-electron chi connectivity index (χ0n) is 20.1. The topological polar surface area (TPSA) is 93.2 Å². The van der Waals surface area contributed by atoms with Crippen LogP contribution in [0.3, 0.4) is 0 Å². The Labute approximate surface area is 213 Å². The summed E-state index contributed by atoms with van der Waals surface area (Å²) in [5.74, 6) is -3.06. The van der Waals surface area contributed by atoms with Gasteiger partial charge >= 0.3 is 12.1 Å². The maximum Gasteiger partial charge on any atom is 0.409 e. The van der Waals surface area contributed by atoms with Crippen molar-refractivity contribution in [3.63, 3.8) is 0 Å². The third-order valence-corrected chi connectivity index (χ3v) is 7.45. The minimum absolute atomic E-state index is 0.0639. The van der Waals surface area contributed by atoms with Crippen LogP contribution in [0.15, 0.2) is 72.8 Å². The van der Waals surface area contributed by atoms with Crippen molar-refractivity contribution in [2.45, 2.75) is 12.8 Å². The summed E-state index contributed by atoms with van der Waals surface area (Å²) in [6.07, 6.45) is -0.509. The van der Waals surface area contributed by atoms with Gasteiger partial charge in [0.25, 0.3) is 11.8 Å². The molecule has 6 rings (SSSR count). The van der Waals surface area contributed by atoms with Gasteiger partial charge in [0, 0.05) is 19.0 Å². The van der Waals surface area contributed by atoms with E-state index in [2.05, 4.69) is 24.3 Å². The average Bonchev–Trinajstić information content (AvgIpc) is 3.54. The van der Waals surface area contributed by atoms with E-state index in [0.29, 0.717) is 11.6 Å². The lowest BCUT2D eigenvalue weighted by Gasteiger charge is -2.19. The van der Waals surface area contributed by atoms with Crippen molar-refractivity contribution in [3.8, 4) is 11.1 Å². The standard InChI is InChI=1S/C29H24N2O6/c1-17-14-30(15-24(17)28(34)37-31-26(32)22-12-6-7-13-23(22)27(31)33)29(35)36-16-25-20-10-4-2-8-18(20)19-9-3-5-11-21(19)25/h2-13,17,24-25H,14-16H2,1H3/t17-,24-/m1/s1. The van der Waals surface area contributed by atoms with Crippen LogP contribution in [0, 0.1) is 11.8 Å². The van der Waals surface area contributed by atoms with Gasteiger partial charge in [-0.1, -0.05) is 72.7 Å². The van der Waals surface area contributed by atoms with Crippen molar-refractivity contribution >= 4 is 23.9 Å². The van der Waals surface area contributed by atoms with E-state index in [9.17, 15) is 19.2 Å². The summed E-state index contributed by atoms with van der Waals surface area (Å²) in [6, 6.07) is 22.5. The first-order chi connectivity index (χ1) is 17.9. The van der Waals surface area contributed by atoms with Gasteiger partial charge in [-0.05, 0) is 40.3 Å². The minimum atomic E-state index is -0.726. The van der Waals surface area contributed by atoms with Crippen LogP contribution in [0.25, 0.3) is 11.1 Å². The van der Waals surface area contributed by atoms with Crippen molar-refractivity contribution in [2.75, 3.05) is 19.7 Å². The molecule has 37 heavy (non-hydrogen) atoms. The zero-order valence-corrected chi connectivity index (χ0v) is 20.1. The molecule has 2 aliphatic heterocycles. The Balaban J connectivity index is 1.10. The fourth-order valence-electron chi connectivity index (χ4n) is 5.52. The number of nitrogens with zero attached hydrogens (tertiary/aromatic N) is 2. The van der Waals surface area contributed by atoms with E-state index in [1.807, 2.05) is 31.2 Å². The third-order valence-electron chi connectivity index (χ3n) is 7.45. The Kier molecular flexibility index (Phi) is 5.52. The molecule has 0 saturated carbocycles. The quantitative estimate of drug-likeness (QED) is 0.501. The first-order valence-electron chi connectivity index (χ1n) is 12.2. The number of fused-ring (bicyclic) bond motifs is 4. The lowest BCUT2D eigenvalue weighted by atomic mass is 9.98. The highest BCUT2D eigenvalue weighted by molar-refractivity contribution is 6.20. The number of likely N-dealkylation sites (tertiary alicyclic amines) is 1. The summed E-state index contributed by atoms with van der Waals surface area (Å²) in [5, 5.41) is 0.510. The predicted octanol–water partition coefficient (Wildman–Crippen LogP) is 4.26. The normalized spacial score (nSPS) is 20.0. The summed E-state index contributed by atoms with van der Waals surface area (Å²) >= 11 is 0. The molecule has 0 aromatic heterocycles. The first kappa shape index (κ1) is 23.0. The number of benzene rings is 3. The number of amides is 3. The molecule has 186 valence electrons. The Morgan fingerprint density at radius 2 is 1.30 bits per heavy atom. The van der Waals surface area contributed by atoms with Crippen LogP contribution in [0.4, 0.5) is 4.79 Å². The molecule has 0 radical (unpaired) electrons. The monoisotopic (exact) mass is 496 g/mol. The molecule has 3 amide bonds. The van der Waals surface area contributed by atoms with Gasteiger partial charge < -0.3 is 14.5 Å². The highest BCUT2D eigenvalue weighted by atomic mass is 16.7. The highest BCUT2D eigenvalue weighted by Crippen LogP contribution is 2.44. The number of ether oxygens (including phenoxy) is 1. The fraction of sp³-hybridized carbons (Fsp3) is 0.241. The van der Waals surface area contributed by atoms with Crippen LogP contribution >= 0.6 is 0 Å². The number of hydroxylamine groups is 2. The number of carbonyl (C=O) groups is 4. The summed E-state index contributed by atoms with van der Waals surface area (Å²) in [7, 11) is 0. The number of carbonyl (C=O) groups excluding carboxylic acids is 4. The van der Waals surface area contributed by atoms with Gasteiger partial charge in [0.1, 0.15) is 6.61 Å². The second-order valence-electron chi connectivity index (χ2n) is 9.65. The number of imide groups is 1. The Hall–Kier alpha value is -4.46. The second-order valence-corrected chi connectivity index (χ2v) is 9.65. The van der Waals surface area contributed by atoms with E-state index in [1.54, 1.807) is 12.1 Å². The molecule has 1 fully saturated rings. The van der Waals surface area contributed by atoms with Gasteiger partial charge in [0.15, 0.2) is 0 Å². The van der Waals surface area contributed by atoms with Crippen LogP contribution in [-0.4, -0.2) is 53.5 Å². The molecular formula is C29H24N2O6. The largest absolute Gasteiger partial charge is 0.448 e. The molecule has 8 heteroatoms. The van der Waals surface area contributed by atoms with E-state index < -0.39 is 29.8 Å². The molecule has 1 saturated heterocycles. The predicted molar refractivity (Wildman–Crippen MR) is 132 cm³/mol. The lowest BCUT2D eigenvalue weighted by Crippen LogP contribution is -2.37. The summed E-state index contributed by atoms with van der Waals surface area (Å²) in [4.78, 5) is 57.7.